The Labute approximate surface area is 136 Å². The number of ether oxygens (including phenoxy) is 1. The van der Waals surface area contributed by atoms with Crippen LogP contribution in [-0.4, -0.2) is 91.6 Å². The Hall–Kier alpha value is -0.730. The van der Waals surface area contributed by atoms with Crippen LogP contribution in [0.3, 0.4) is 0 Å². The number of nitrogens with zero attached hydrogens (tertiary/aromatic N) is 4. The van der Waals surface area contributed by atoms with E-state index in [0.29, 0.717) is 0 Å². The van der Waals surface area contributed by atoms with Gasteiger partial charge in [0.25, 0.3) is 0 Å². The number of anilines is 1. The molecule has 0 saturated carbocycles. The molecule has 1 N–H and O–H groups in total. The van der Waals surface area contributed by atoms with Gasteiger partial charge in [0.05, 0.1) is 25.0 Å². The molecule has 2 aliphatic heterocycles. The lowest BCUT2D eigenvalue weighted by Gasteiger charge is -2.36. The van der Waals surface area contributed by atoms with E-state index in [-0.39, 0.29) is 6.10 Å². The van der Waals surface area contributed by atoms with Gasteiger partial charge in [-0.3, -0.25) is 9.80 Å². The molecule has 2 fully saturated rings. The second-order valence-corrected chi connectivity index (χ2v) is 6.96. The molecule has 1 aromatic rings. The number of aryl methyl sites for hydroxylation is 1. The van der Waals surface area contributed by atoms with Crippen molar-refractivity contribution in [1.29, 1.82) is 0 Å². The van der Waals surface area contributed by atoms with E-state index < -0.39 is 0 Å². The molecule has 3 heterocycles. The monoisotopic (exact) mass is 326 g/mol. The van der Waals surface area contributed by atoms with Crippen molar-refractivity contribution in [2.45, 2.75) is 13.0 Å². The highest BCUT2D eigenvalue weighted by Crippen LogP contribution is 2.21. The number of morpholine rings is 1. The SMILES string of the molecule is Cc1csc(N2CCN(C[C@H](O)CN3CCOCC3)CC2)n1. The van der Waals surface area contributed by atoms with E-state index in [1.54, 1.807) is 11.3 Å². The van der Waals surface area contributed by atoms with Gasteiger partial charge in [-0.25, -0.2) is 4.98 Å². The van der Waals surface area contributed by atoms with E-state index in [0.717, 1.165) is 76.4 Å². The van der Waals surface area contributed by atoms with Crippen molar-refractivity contribution in [2.75, 3.05) is 70.5 Å². The molecule has 0 radical (unpaired) electrons. The van der Waals surface area contributed by atoms with E-state index in [1.165, 1.54) is 0 Å². The summed E-state index contributed by atoms with van der Waals surface area (Å²) in [6.45, 7) is 11.0. The molecular formula is C15H26N4O2S. The highest BCUT2D eigenvalue weighted by molar-refractivity contribution is 7.13. The number of aliphatic hydroxyl groups excluding tert-OH is 1. The third-order valence-electron chi connectivity index (χ3n) is 4.29. The summed E-state index contributed by atoms with van der Waals surface area (Å²) in [4.78, 5) is 11.6. The van der Waals surface area contributed by atoms with Crippen LogP contribution in [0.25, 0.3) is 0 Å². The molecular weight excluding hydrogens is 300 g/mol. The van der Waals surface area contributed by atoms with Crippen LogP contribution in [0.1, 0.15) is 5.69 Å². The topological polar surface area (TPSA) is 52.1 Å². The second kappa shape index (κ2) is 7.70. The van der Waals surface area contributed by atoms with Crippen LogP contribution in [0.15, 0.2) is 5.38 Å². The lowest BCUT2D eigenvalue weighted by Crippen LogP contribution is -2.50. The highest BCUT2D eigenvalue weighted by atomic mass is 32.1. The fourth-order valence-corrected chi connectivity index (χ4v) is 3.90. The number of β-amino-alcohol motifs (C(OH)–C–C–N with tert-alkyl or cyclic N) is 1. The van der Waals surface area contributed by atoms with Gasteiger partial charge in [-0.2, -0.15) is 0 Å². The summed E-state index contributed by atoms with van der Waals surface area (Å²) < 4.78 is 5.34. The Morgan fingerprint density at radius 2 is 1.77 bits per heavy atom. The number of hydrogen-bond donors (Lipinski definition) is 1. The Kier molecular flexibility index (Phi) is 5.65. The standard InChI is InChI=1S/C15H26N4O2S/c1-13-12-22-15(16-13)19-4-2-17(3-5-19)10-14(20)11-18-6-8-21-9-7-18/h12,14,20H,2-11H2,1H3/t14-/m0/s1. The minimum atomic E-state index is -0.272. The largest absolute Gasteiger partial charge is 0.390 e. The van der Waals surface area contributed by atoms with Crippen LogP contribution in [0.2, 0.25) is 0 Å². The molecule has 1 atom stereocenters. The van der Waals surface area contributed by atoms with E-state index in [1.807, 2.05) is 6.92 Å². The Bertz CT molecular complexity index is 456. The summed E-state index contributed by atoms with van der Waals surface area (Å²) in [7, 11) is 0. The summed E-state index contributed by atoms with van der Waals surface area (Å²) in [5.74, 6) is 0. The van der Waals surface area contributed by atoms with Crippen molar-refractivity contribution >= 4 is 16.5 Å². The molecule has 3 rings (SSSR count). The zero-order valence-corrected chi connectivity index (χ0v) is 14.1. The lowest BCUT2D eigenvalue weighted by molar-refractivity contribution is 0.00656. The second-order valence-electron chi connectivity index (χ2n) is 6.13. The molecule has 0 amide bonds. The zero-order chi connectivity index (χ0) is 15.4. The third-order valence-corrected chi connectivity index (χ3v) is 5.31. The Balaban J connectivity index is 1.39. The molecule has 0 unspecified atom stereocenters. The summed E-state index contributed by atoms with van der Waals surface area (Å²) in [5, 5.41) is 13.5. The van der Waals surface area contributed by atoms with Gasteiger partial charge in [-0.05, 0) is 6.92 Å². The normalized spacial score (nSPS) is 22.9. The number of rotatable bonds is 5. The van der Waals surface area contributed by atoms with Gasteiger partial charge in [-0.15, -0.1) is 11.3 Å². The average molecular weight is 326 g/mol. The van der Waals surface area contributed by atoms with Gasteiger partial charge in [0, 0.05) is 57.7 Å². The molecule has 0 aliphatic carbocycles. The van der Waals surface area contributed by atoms with Gasteiger partial charge >= 0.3 is 0 Å². The fraction of sp³-hybridized carbons (Fsp3) is 0.800. The maximum Gasteiger partial charge on any atom is 0.185 e. The molecule has 6 nitrogen and oxygen atoms in total. The van der Waals surface area contributed by atoms with Gasteiger partial charge in [-0.1, -0.05) is 0 Å². The van der Waals surface area contributed by atoms with Crippen molar-refractivity contribution in [2.24, 2.45) is 0 Å². The van der Waals surface area contributed by atoms with Gasteiger partial charge in [0.2, 0.25) is 0 Å². The predicted molar refractivity (Wildman–Crippen MR) is 88.8 cm³/mol. The van der Waals surface area contributed by atoms with Gasteiger partial charge in [0.15, 0.2) is 5.13 Å². The van der Waals surface area contributed by atoms with Gasteiger partial charge < -0.3 is 14.7 Å². The van der Waals surface area contributed by atoms with E-state index in [2.05, 4.69) is 25.1 Å². The molecule has 7 heteroatoms. The van der Waals surface area contributed by atoms with Crippen molar-refractivity contribution in [3.63, 3.8) is 0 Å². The summed E-state index contributed by atoms with van der Waals surface area (Å²) in [5.41, 5.74) is 1.10. The number of piperazine rings is 1. The van der Waals surface area contributed by atoms with Crippen LogP contribution in [0.4, 0.5) is 5.13 Å². The van der Waals surface area contributed by atoms with Crippen molar-refractivity contribution in [3.8, 4) is 0 Å². The first-order valence-electron chi connectivity index (χ1n) is 8.08. The maximum atomic E-state index is 10.3. The molecule has 2 aliphatic rings. The van der Waals surface area contributed by atoms with Crippen LogP contribution >= 0.6 is 11.3 Å². The Morgan fingerprint density at radius 3 is 2.36 bits per heavy atom. The highest BCUT2D eigenvalue weighted by Gasteiger charge is 2.22. The number of aromatic nitrogens is 1. The van der Waals surface area contributed by atoms with Crippen LogP contribution in [0.5, 0.6) is 0 Å². The quantitative estimate of drug-likeness (QED) is 0.838. The zero-order valence-electron chi connectivity index (χ0n) is 13.3. The first kappa shape index (κ1) is 16.1. The maximum absolute atomic E-state index is 10.3. The number of aliphatic hydroxyl groups is 1. The van der Waals surface area contributed by atoms with Crippen molar-refractivity contribution in [3.05, 3.63) is 11.1 Å². The van der Waals surface area contributed by atoms with Crippen LogP contribution in [-0.2, 0) is 4.74 Å². The molecule has 0 bridgehead atoms. The fourth-order valence-electron chi connectivity index (χ4n) is 3.05. The predicted octanol–water partition coefficient (Wildman–Crippen LogP) is 0.267. The minimum absolute atomic E-state index is 0.272. The first-order chi connectivity index (χ1) is 10.7. The minimum Gasteiger partial charge on any atom is -0.390 e. The average Bonchev–Trinajstić information content (AvgIpc) is 2.95. The summed E-state index contributed by atoms with van der Waals surface area (Å²) in [6.07, 6.45) is -0.272. The van der Waals surface area contributed by atoms with E-state index in [4.69, 9.17) is 4.74 Å². The molecule has 22 heavy (non-hydrogen) atoms. The Morgan fingerprint density at radius 1 is 1.14 bits per heavy atom. The van der Waals surface area contributed by atoms with Crippen LogP contribution < -0.4 is 4.90 Å². The number of hydrogen-bond acceptors (Lipinski definition) is 7. The summed E-state index contributed by atoms with van der Waals surface area (Å²) in [6, 6.07) is 0. The lowest BCUT2D eigenvalue weighted by atomic mass is 10.2. The van der Waals surface area contributed by atoms with E-state index >= 15 is 0 Å². The van der Waals surface area contributed by atoms with Gasteiger partial charge in [0.1, 0.15) is 0 Å². The molecule has 0 spiro atoms. The number of thiazole rings is 1. The molecule has 2 saturated heterocycles. The van der Waals surface area contributed by atoms with E-state index in [9.17, 15) is 5.11 Å². The molecule has 124 valence electrons. The molecule has 1 aromatic heterocycles. The third kappa shape index (κ3) is 4.39. The van der Waals surface area contributed by atoms with Crippen molar-refractivity contribution < 1.29 is 9.84 Å². The molecule has 0 aromatic carbocycles. The van der Waals surface area contributed by atoms with Crippen molar-refractivity contribution in [1.82, 2.24) is 14.8 Å². The smallest absolute Gasteiger partial charge is 0.185 e. The first-order valence-corrected chi connectivity index (χ1v) is 8.96. The summed E-state index contributed by atoms with van der Waals surface area (Å²) >= 11 is 1.72. The van der Waals surface area contributed by atoms with Crippen LogP contribution in [0, 0.1) is 6.92 Å².